The highest BCUT2D eigenvalue weighted by Gasteiger charge is 2.16. The van der Waals surface area contributed by atoms with E-state index in [1.807, 2.05) is 0 Å². The molecule has 5 nitrogen and oxygen atoms in total. The van der Waals surface area contributed by atoms with Crippen LogP contribution in [0, 0.1) is 5.92 Å². The first-order valence-electron chi connectivity index (χ1n) is 5.90. The molecule has 2 heterocycles. The summed E-state index contributed by atoms with van der Waals surface area (Å²) in [4.78, 5) is 15.5. The molecule has 1 saturated heterocycles. The van der Waals surface area contributed by atoms with Crippen LogP contribution in [0.4, 0.5) is 5.82 Å². The minimum Gasteiger partial charge on any atom is -0.504 e. The molecule has 0 aromatic carbocycles. The van der Waals surface area contributed by atoms with Crippen LogP contribution in [0.25, 0.3) is 0 Å². The van der Waals surface area contributed by atoms with Crippen LogP contribution in [0.3, 0.4) is 0 Å². The Morgan fingerprint density at radius 3 is 3.24 bits per heavy atom. The molecule has 5 heteroatoms. The van der Waals surface area contributed by atoms with E-state index in [0.717, 1.165) is 25.9 Å². The van der Waals surface area contributed by atoms with Gasteiger partial charge in [-0.1, -0.05) is 0 Å². The van der Waals surface area contributed by atoms with Crippen LogP contribution < -0.4 is 10.6 Å². The van der Waals surface area contributed by atoms with Crippen LogP contribution >= 0.6 is 0 Å². The van der Waals surface area contributed by atoms with E-state index in [1.165, 1.54) is 12.3 Å². The number of anilines is 1. The second-order valence-electron chi connectivity index (χ2n) is 4.32. The third-order valence-corrected chi connectivity index (χ3v) is 2.99. The average molecular weight is 235 g/mol. The maximum atomic E-state index is 11.6. The predicted octanol–water partition coefficient (Wildman–Crippen LogP) is 1.12. The van der Waals surface area contributed by atoms with Gasteiger partial charge in [-0.2, -0.15) is 0 Å². The molecule has 1 aliphatic heterocycles. The fourth-order valence-corrected chi connectivity index (χ4v) is 1.98. The minimum absolute atomic E-state index is 0.00313. The summed E-state index contributed by atoms with van der Waals surface area (Å²) < 4.78 is 0. The number of carbonyl (C=O) groups excluding carboxylic acids is 1. The lowest BCUT2D eigenvalue weighted by molar-refractivity contribution is -0.116. The molecule has 17 heavy (non-hydrogen) atoms. The van der Waals surface area contributed by atoms with Crippen molar-refractivity contribution < 1.29 is 9.90 Å². The summed E-state index contributed by atoms with van der Waals surface area (Å²) in [6.07, 6.45) is 4.03. The average Bonchev–Trinajstić information content (AvgIpc) is 2.82. The fourth-order valence-electron chi connectivity index (χ4n) is 1.98. The Hall–Kier alpha value is -1.62. The predicted molar refractivity (Wildman–Crippen MR) is 64.7 cm³/mol. The van der Waals surface area contributed by atoms with Crippen LogP contribution in [0.2, 0.25) is 0 Å². The van der Waals surface area contributed by atoms with Crippen molar-refractivity contribution in [2.45, 2.75) is 19.3 Å². The molecule has 92 valence electrons. The van der Waals surface area contributed by atoms with Crippen molar-refractivity contribution in [3.63, 3.8) is 0 Å². The van der Waals surface area contributed by atoms with Crippen molar-refractivity contribution in [2.24, 2.45) is 5.92 Å². The monoisotopic (exact) mass is 235 g/mol. The molecule has 3 N–H and O–H groups in total. The van der Waals surface area contributed by atoms with Gasteiger partial charge in [0.15, 0.2) is 11.6 Å². The van der Waals surface area contributed by atoms with Gasteiger partial charge in [-0.05, 0) is 44.0 Å². The summed E-state index contributed by atoms with van der Waals surface area (Å²) in [5.74, 6) is 0.745. The Bertz CT molecular complexity index is 389. The van der Waals surface area contributed by atoms with E-state index in [9.17, 15) is 9.90 Å². The highest BCUT2D eigenvalue weighted by atomic mass is 16.3. The molecule has 1 fully saturated rings. The standard InChI is InChI=1S/C12H17N3O2/c16-10-2-1-6-14-12(10)15-11(17)4-3-9-5-7-13-8-9/h1-2,6,9,13,16H,3-5,7-8H2,(H,14,15,17). The number of hydrogen-bond donors (Lipinski definition) is 3. The topological polar surface area (TPSA) is 74.2 Å². The zero-order valence-electron chi connectivity index (χ0n) is 9.65. The summed E-state index contributed by atoms with van der Waals surface area (Å²) in [5.41, 5.74) is 0. The molecule has 0 radical (unpaired) electrons. The van der Waals surface area contributed by atoms with Gasteiger partial charge in [0.05, 0.1) is 0 Å². The van der Waals surface area contributed by atoms with Crippen molar-refractivity contribution >= 4 is 11.7 Å². The first-order valence-corrected chi connectivity index (χ1v) is 5.90. The SMILES string of the molecule is O=C(CCC1CCNC1)Nc1ncccc1O. The lowest BCUT2D eigenvalue weighted by Gasteiger charge is -2.08. The number of amides is 1. The van der Waals surface area contributed by atoms with E-state index in [2.05, 4.69) is 15.6 Å². The fraction of sp³-hybridized carbons (Fsp3) is 0.500. The lowest BCUT2D eigenvalue weighted by atomic mass is 10.0. The lowest BCUT2D eigenvalue weighted by Crippen LogP contribution is -2.15. The van der Waals surface area contributed by atoms with E-state index in [4.69, 9.17) is 0 Å². The molecular weight excluding hydrogens is 218 g/mol. The summed E-state index contributed by atoms with van der Waals surface area (Å²) in [7, 11) is 0. The maximum absolute atomic E-state index is 11.6. The van der Waals surface area contributed by atoms with Crippen LogP contribution in [-0.4, -0.2) is 29.1 Å². The van der Waals surface area contributed by atoms with Crippen molar-refractivity contribution in [3.05, 3.63) is 18.3 Å². The van der Waals surface area contributed by atoms with Crippen LogP contribution in [0.1, 0.15) is 19.3 Å². The van der Waals surface area contributed by atoms with Gasteiger partial charge in [-0.25, -0.2) is 4.98 Å². The van der Waals surface area contributed by atoms with Crippen LogP contribution in [-0.2, 0) is 4.79 Å². The molecule has 0 spiro atoms. The molecule has 0 saturated carbocycles. The van der Waals surface area contributed by atoms with Gasteiger partial charge in [0.2, 0.25) is 5.91 Å². The normalized spacial score (nSPS) is 19.2. The first-order chi connectivity index (χ1) is 8.25. The smallest absolute Gasteiger partial charge is 0.225 e. The third kappa shape index (κ3) is 3.42. The number of aromatic nitrogens is 1. The van der Waals surface area contributed by atoms with E-state index in [0.29, 0.717) is 12.3 Å². The largest absolute Gasteiger partial charge is 0.504 e. The molecule has 1 atom stereocenters. The summed E-state index contributed by atoms with van der Waals surface area (Å²) in [6.45, 7) is 2.05. The van der Waals surface area contributed by atoms with E-state index >= 15 is 0 Å². The molecule has 1 aliphatic rings. The van der Waals surface area contributed by atoms with E-state index < -0.39 is 0 Å². The van der Waals surface area contributed by atoms with E-state index in [1.54, 1.807) is 6.07 Å². The number of pyridine rings is 1. The quantitative estimate of drug-likeness (QED) is 0.731. The van der Waals surface area contributed by atoms with Gasteiger partial charge < -0.3 is 15.7 Å². The third-order valence-electron chi connectivity index (χ3n) is 2.99. The van der Waals surface area contributed by atoms with Gasteiger partial charge in [-0.15, -0.1) is 0 Å². The van der Waals surface area contributed by atoms with Crippen molar-refractivity contribution in [1.29, 1.82) is 0 Å². The Morgan fingerprint density at radius 2 is 2.53 bits per heavy atom. The van der Waals surface area contributed by atoms with Gasteiger partial charge >= 0.3 is 0 Å². The molecule has 2 rings (SSSR count). The van der Waals surface area contributed by atoms with Crippen molar-refractivity contribution in [1.82, 2.24) is 10.3 Å². The number of hydrogen-bond acceptors (Lipinski definition) is 4. The molecule has 1 aromatic heterocycles. The zero-order valence-corrected chi connectivity index (χ0v) is 9.65. The van der Waals surface area contributed by atoms with Gasteiger partial charge in [0.1, 0.15) is 0 Å². The van der Waals surface area contributed by atoms with Crippen molar-refractivity contribution in [3.8, 4) is 5.75 Å². The summed E-state index contributed by atoms with van der Waals surface area (Å²) in [6, 6.07) is 3.12. The van der Waals surface area contributed by atoms with Gasteiger partial charge in [0, 0.05) is 12.6 Å². The van der Waals surface area contributed by atoms with Crippen molar-refractivity contribution in [2.75, 3.05) is 18.4 Å². The zero-order chi connectivity index (χ0) is 12.1. The number of nitrogens with one attached hydrogen (secondary N) is 2. The molecule has 1 amide bonds. The Morgan fingerprint density at radius 1 is 1.65 bits per heavy atom. The first kappa shape index (κ1) is 11.9. The minimum atomic E-state index is -0.0918. The van der Waals surface area contributed by atoms with Crippen LogP contribution in [0.15, 0.2) is 18.3 Å². The Balaban J connectivity index is 1.79. The number of aromatic hydroxyl groups is 1. The summed E-state index contributed by atoms with van der Waals surface area (Å²) in [5, 5.41) is 15.3. The second-order valence-corrected chi connectivity index (χ2v) is 4.32. The molecule has 0 aliphatic carbocycles. The number of nitrogens with zero attached hydrogens (tertiary/aromatic N) is 1. The molecule has 1 aromatic rings. The summed E-state index contributed by atoms with van der Waals surface area (Å²) >= 11 is 0. The number of rotatable bonds is 4. The molecule has 1 unspecified atom stereocenters. The molecule has 0 bridgehead atoms. The Kier molecular flexibility index (Phi) is 3.93. The maximum Gasteiger partial charge on any atom is 0.225 e. The van der Waals surface area contributed by atoms with Crippen LogP contribution in [0.5, 0.6) is 5.75 Å². The highest BCUT2D eigenvalue weighted by molar-refractivity contribution is 5.90. The van der Waals surface area contributed by atoms with Gasteiger partial charge in [-0.3, -0.25) is 4.79 Å². The second kappa shape index (κ2) is 5.63. The van der Waals surface area contributed by atoms with Gasteiger partial charge in [0.25, 0.3) is 0 Å². The Labute approximate surface area is 100 Å². The highest BCUT2D eigenvalue weighted by Crippen LogP contribution is 2.19. The van der Waals surface area contributed by atoms with E-state index in [-0.39, 0.29) is 17.5 Å². The number of carbonyl (C=O) groups is 1. The molecular formula is C12H17N3O2.